The lowest BCUT2D eigenvalue weighted by Gasteiger charge is -2.34. The summed E-state index contributed by atoms with van der Waals surface area (Å²) in [4.78, 5) is 16.2. The Morgan fingerprint density at radius 2 is 2.04 bits per heavy atom. The smallest absolute Gasteiger partial charge is 0.317 e. The van der Waals surface area contributed by atoms with E-state index >= 15 is 0 Å². The van der Waals surface area contributed by atoms with Gasteiger partial charge in [-0.15, -0.1) is 0 Å². The fraction of sp³-hybridized carbons (Fsp3) is 0.941. The van der Waals surface area contributed by atoms with Gasteiger partial charge in [-0.3, -0.25) is 4.90 Å². The molecule has 1 N–H and O–H groups in total. The Bertz CT molecular complexity index is 371. The number of hydrogen-bond donors (Lipinski definition) is 1. The van der Waals surface area contributed by atoms with Gasteiger partial charge in [0.15, 0.2) is 0 Å². The summed E-state index contributed by atoms with van der Waals surface area (Å²) in [7, 11) is 0. The van der Waals surface area contributed by atoms with Crippen LogP contribution in [0.5, 0.6) is 0 Å². The summed E-state index contributed by atoms with van der Waals surface area (Å²) in [5.74, 6) is 0. The Hall–Kier alpha value is -0.950. The molecule has 2 aliphatic rings. The molecule has 140 valence electrons. The molecule has 2 rings (SSSR count). The lowest BCUT2D eigenvalue weighted by molar-refractivity contribution is 0.000327. The SMILES string of the molecule is CCCN(C[C@H]1CCCCO1)C(=O)NC1CCN(CC(F)F)CC1. The zero-order valence-corrected chi connectivity index (χ0v) is 14.7. The molecular weight excluding hydrogens is 316 g/mol. The third kappa shape index (κ3) is 6.51. The first-order valence-corrected chi connectivity index (χ1v) is 9.26. The highest BCUT2D eigenvalue weighted by molar-refractivity contribution is 5.74. The average molecular weight is 347 g/mol. The van der Waals surface area contributed by atoms with Crippen molar-refractivity contribution < 1.29 is 18.3 Å². The number of urea groups is 1. The second-order valence-electron chi connectivity index (χ2n) is 6.85. The van der Waals surface area contributed by atoms with Gasteiger partial charge in [-0.2, -0.15) is 0 Å². The monoisotopic (exact) mass is 347 g/mol. The van der Waals surface area contributed by atoms with E-state index in [2.05, 4.69) is 12.2 Å². The van der Waals surface area contributed by atoms with Crippen molar-refractivity contribution in [3.05, 3.63) is 0 Å². The maximum absolute atomic E-state index is 12.6. The number of carbonyl (C=O) groups excluding carboxylic acids is 1. The highest BCUT2D eigenvalue weighted by atomic mass is 19.3. The standard InChI is InChI=1S/C17H31F2N3O2/c1-2-8-22(12-15-5-3-4-11-24-15)17(23)20-14-6-9-21(10-7-14)13-16(18)19/h14-16H,2-13H2,1H3,(H,20,23)/t15-/m1/s1. The van der Waals surface area contributed by atoms with Gasteiger partial charge >= 0.3 is 6.03 Å². The van der Waals surface area contributed by atoms with Crippen LogP contribution in [-0.2, 0) is 4.74 Å². The molecule has 0 unspecified atom stereocenters. The number of alkyl halides is 2. The molecule has 2 heterocycles. The van der Waals surface area contributed by atoms with E-state index in [4.69, 9.17) is 4.74 Å². The molecule has 7 heteroatoms. The number of ether oxygens (including phenoxy) is 1. The van der Waals surface area contributed by atoms with Gasteiger partial charge in [0.05, 0.1) is 12.6 Å². The number of carbonyl (C=O) groups is 1. The highest BCUT2D eigenvalue weighted by Gasteiger charge is 2.26. The van der Waals surface area contributed by atoms with E-state index < -0.39 is 6.43 Å². The van der Waals surface area contributed by atoms with Crippen molar-refractivity contribution in [2.24, 2.45) is 0 Å². The minimum atomic E-state index is -2.29. The second-order valence-corrected chi connectivity index (χ2v) is 6.85. The molecule has 1 atom stereocenters. The molecular formula is C17H31F2N3O2. The van der Waals surface area contributed by atoms with Crippen LogP contribution in [0.15, 0.2) is 0 Å². The third-order valence-corrected chi connectivity index (χ3v) is 4.79. The zero-order valence-electron chi connectivity index (χ0n) is 14.7. The van der Waals surface area contributed by atoms with Crippen LogP contribution in [0.1, 0.15) is 45.4 Å². The van der Waals surface area contributed by atoms with Crippen LogP contribution in [0.4, 0.5) is 13.6 Å². The molecule has 0 aliphatic carbocycles. The van der Waals surface area contributed by atoms with Crippen molar-refractivity contribution in [1.82, 2.24) is 15.1 Å². The number of likely N-dealkylation sites (tertiary alicyclic amines) is 1. The van der Waals surface area contributed by atoms with Crippen molar-refractivity contribution in [2.75, 3.05) is 39.3 Å². The maximum atomic E-state index is 12.6. The molecule has 24 heavy (non-hydrogen) atoms. The number of hydrogen-bond acceptors (Lipinski definition) is 3. The van der Waals surface area contributed by atoms with Crippen LogP contribution in [0, 0.1) is 0 Å². The van der Waals surface area contributed by atoms with Gasteiger partial charge < -0.3 is 15.0 Å². The number of rotatable bonds is 7. The predicted octanol–water partition coefficient (Wildman–Crippen LogP) is 2.71. The van der Waals surface area contributed by atoms with Gasteiger partial charge in [0.25, 0.3) is 6.43 Å². The van der Waals surface area contributed by atoms with Crippen molar-refractivity contribution in [2.45, 2.75) is 64.0 Å². The summed E-state index contributed by atoms with van der Waals surface area (Å²) in [6, 6.07) is 0.0383. The van der Waals surface area contributed by atoms with E-state index in [1.165, 1.54) is 0 Å². The van der Waals surface area contributed by atoms with Crippen molar-refractivity contribution in [3.8, 4) is 0 Å². The van der Waals surface area contributed by atoms with Crippen molar-refractivity contribution in [1.29, 1.82) is 0 Å². The summed E-state index contributed by atoms with van der Waals surface area (Å²) in [5.41, 5.74) is 0. The van der Waals surface area contributed by atoms with Gasteiger partial charge in [0, 0.05) is 38.8 Å². The first-order chi connectivity index (χ1) is 11.6. The summed E-state index contributed by atoms with van der Waals surface area (Å²) in [6.07, 6.45) is 3.52. The van der Waals surface area contributed by atoms with Crippen LogP contribution in [-0.4, -0.2) is 73.7 Å². The van der Waals surface area contributed by atoms with Gasteiger partial charge in [-0.05, 0) is 38.5 Å². The average Bonchev–Trinajstić information content (AvgIpc) is 2.57. The van der Waals surface area contributed by atoms with Crippen LogP contribution in [0.25, 0.3) is 0 Å². The summed E-state index contributed by atoms with van der Waals surface area (Å²) < 4.78 is 30.6. The van der Waals surface area contributed by atoms with Crippen molar-refractivity contribution >= 4 is 6.03 Å². The van der Waals surface area contributed by atoms with E-state index in [0.29, 0.717) is 19.6 Å². The molecule has 2 saturated heterocycles. The van der Waals surface area contributed by atoms with Crippen molar-refractivity contribution in [3.63, 3.8) is 0 Å². The third-order valence-electron chi connectivity index (χ3n) is 4.79. The fourth-order valence-corrected chi connectivity index (χ4v) is 3.46. The Morgan fingerprint density at radius 3 is 2.62 bits per heavy atom. The quantitative estimate of drug-likeness (QED) is 0.770. The molecule has 2 amide bonds. The van der Waals surface area contributed by atoms with Crippen LogP contribution >= 0.6 is 0 Å². The fourth-order valence-electron chi connectivity index (χ4n) is 3.46. The molecule has 0 saturated carbocycles. The number of nitrogens with one attached hydrogen (secondary N) is 1. The normalized spacial score (nSPS) is 23.4. The Balaban J connectivity index is 1.75. The molecule has 0 bridgehead atoms. The predicted molar refractivity (Wildman–Crippen MR) is 89.5 cm³/mol. The Kier molecular flexibility index (Phi) is 8.18. The second kappa shape index (κ2) is 10.1. The van der Waals surface area contributed by atoms with Crippen LogP contribution in [0.3, 0.4) is 0 Å². The molecule has 5 nitrogen and oxygen atoms in total. The van der Waals surface area contributed by atoms with E-state index in [-0.39, 0.29) is 24.7 Å². The minimum Gasteiger partial charge on any atom is -0.376 e. The molecule has 0 aromatic rings. The summed E-state index contributed by atoms with van der Waals surface area (Å²) in [5, 5.41) is 3.08. The molecule has 0 aromatic carbocycles. The minimum absolute atomic E-state index is 0.0432. The first-order valence-electron chi connectivity index (χ1n) is 9.26. The lowest BCUT2D eigenvalue weighted by atomic mass is 10.1. The van der Waals surface area contributed by atoms with Gasteiger partial charge in [-0.1, -0.05) is 6.92 Å². The number of nitrogens with zero attached hydrogens (tertiary/aromatic N) is 2. The molecule has 2 aliphatic heterocycles. The number of piperidine rings is 1. The lowest BCUT2D eigenvalue weighted by Crippen LogP contribution is -2.51. The Labute approximate surface area is 143 Å². The van der Waals surface area contributed by atoms with Gasteiger partial charge in [0.1, 0.15) is 0 Å². The zero-order chi connectivity index (χ0) is 17.4. The van der Waals surface area contributed by atoms with E-state index in [1.807, 2.05) is 4.90 Å². The van der Waals surface area contributed by atoms with E-state index in [9.17, 15) is 13.6 Å². The van der Waals surface area contributed by atoms with Gasteiger partial charge in [-0.25, -0.2) is 13.6 Å². The van der Waals surface area contributed by atoms with E-state index in [0.717, 1.165) is 51.7 Å². The Morgan fingerprint density at radius 1 is 1.29 bits per heavy atom. The van der Waals surface area contributed by atoms with Crippen LogP contribution < -0.4 is 5.32 Å². The summed E-state index contributed by atoms with van der Waals surface area (Å²) in [6.45, 7) is 5.28. The molecule has 0 spiro atoms. The van der Waals surface area contributed by atoms with Gasteiger partial charge in [0.2, 0.25) is 0 Å². The van der Waals surface area contributed by atoms with Crippen LogP contribution in [0.2, 0.25) is 0 Å². The molecule has 0 radical (unpaired) electrons. The largest absolute Gasteiger partial charge is 0.376 e. The topological polar surface area (TPSA) is 44.8 Å². The first kappa shape index (κ1) is 19.4. The molecule has 0 aromatic heterocycles. The number of halogens is 2. The van der Waals surface area contributed by atoms with E-state index in [1.54, 1.807) is 4.90 Å². The highest BCUT2D eigenvalue weighted by Crippen LogP contribution is 2.15. The maximum Gasteiger partial charge on any atom is 0.317 e. The summed E-state index contributed by atoms with van der Waals surface area (Å²) >= 11 is 0. The number of amides is 2. The molecule has 2 fully saturated rings.